The van der Waals surface area contributed by atoms with Gasteiger partial charge in [0.25, 0.3) is 0 Å². The van der Waals surface area contributed by atoms with E-state index in [9.17, 15) is 21.8 Å². The first-order valence-corrected chi connectivity index (χ1v) is 11.3. The fourth-order valence-corrected chi connectivity index (χ4v) is 4.28. The van der Waals surface area contributed by atoms with Crippen molar-refractivity contribution in [3.63, 3.8) is 0 Å². The molecule has 2 rings (SSSR count). The molecule has 5 N–H and O–H groups in total. The van der Waals surface area contributed by atoms with Gasteiger partial charge in [-0.2, -0.15) is 0 Å². The number of nitrogens with one attached hydrogen (secondary N) is 2. The number of phenolic OH excluding ortho intramolecular Hbond substituents is 1. The summed E-state index contributed by atoms with van der Waals surface area (Å²) in [5.41, 5.74) is 0.565. The van der Waals surface area contributed by atoms with Gasteiger partial charge in [0.1, 0.15) is 0 Å². The summed E-state index contributed by atoms with van der Waals surface area (Å²) in [6.45, 7) is 1.19. The average molecular weight is 456 g/mol. The van der Waals surface area contributed by atoms with Crippen molar-refractivity contribution in [3.05, 3.63) is 24.3 Å². The molecule has 0 atom stereocenters. The normalized spacial score (nSPS) is 10.9. The summed E-state index contributed by atoms with van der Waals surface area (Å²) >= 11 is -5.51. The topological polar surface area (TPSA) is 147 Å². The molecule has 0 spiro atoms. The maximum atomic E-state index is 11.7. The van der Waals surface area contributed by atoms with Gasteiger partial charge in [0, 0.05) is 0 Å². The Morgan fingerprint density at radius 2 is 1.50 bits per heavy atom. The van der Waals surface area contributed by atoms with Gasteiger partial charge in [-0.1, -0.05) is 0 Å². The molecule has 0 saturated heterocycles. The molecule has 0 radical (unpaired) electrons. The second-order valence-corrected chi connectivity index (χ2v) is 8.88. The molecule has 0 aliphatic rings. The van der Waals surface area contributed by atoms with Crippen LogP contribution in [0.2, 0.25) is 0 Å². The first kappa shape index (κ1) is 21.5. The number of carbonyl (C=O) groups is 1. The molecule has 0 fully saturated rings. The maximum absolute atomic E-state index is 11.7. The molecule has 0 bridgehead atoms. The van der Waals surface area contributed by atoms with E-state index in [4.69, 9.17) is 14.2 Å². The summed E-state index contributed by atoms with van der Waals surface area (Å²) in [4.78, 5) is 11.4. The number of carbonyl (C=O) groups excluding carboxylic acids is 1. The first-order valence-electron chi connectivity index (χ1n) is 7.88. The number of methoxy groups -OCH3 is 3. The number of aromatic hydroxyl groups is 1. The van der Waals surface area contributed by atoms with E-state index >= 15 is 0 Å². The molecule has 28 heavy (non-hydrogen) atoms. The van der Waals surface area contributed by atoms with Crippen LogP contribution in [0.1, 0.15) is 6.92 Å². The predicted octanol–water partition coefficient (Wildman–Crippen LogP) is 0.681. The second kappa shape index (κ2) is 8.47. The fraction of sp³-hybridized carbons (Fsp3) is 0.235. The predicted molar refractivity (Wildman–Crippen MR) is 102 cm³/mol. The zero-order valence-corrected chi connectivity index (χ0v) is 17.5. The van der Waals surface area contributed by atoms with E-state index in [2.05, 4.69) is 10.6 Å². The van der Waals surface area contributed by atoms with Crippen LogP contribution >= 0.6 is 0 Å². The van der Waals surface area contributed by atoms with Crippen LogP contribution in [0, 0.1) is 0 Å². The number of anilines is 3. The fourth-order valence-electron chi connectivity index (χ4n) is 2.60. The molecule has 2 aromatic rings. The molecule has 152 valence electrons. The standard InChI is InChI=1S/C17H21AsN2O8/c1-9(21)19-12-5-10(6-13(22)16(12)18(23,24)25)20-11-7-14(26-2)17(28-4)15(8-11)27-3/h5-8,20,22H,1-4H3,(H,19,21)(H2,23,24,25). The van der Waals surface area contributed by atoms with Gasteiger partial charge in [-0.3, -0.25) is 0 Å². The van der Waals surface area contributed by atoms with Crippen molar-refractivity contribution in [1.82, 2.24) is 0 Å². The van der Waals surface area contributed by atoms with Crippen molar-refractivity contribution in [2.45, 2.75) is 6.92 Å². The molecule has 2 aromatic carbocycles. The quantitative estimate of drug-likeness (QED) is 0.380. The SMILES string of the molecule is COc1cc(Nc2cc(O)c([As](=O)(O)O)c(NC(C)=O)c2)cc(OC)c1OC. The molecule has 0 unspecified atom stereocenters. The van der Waals surface area contributed by atoms with Crippen LogP contribution in [0.25, 0.3) is 0 Å². The second-order valence-electron chi connectivity index (χ2n) is 5.66. The van der Waals surface area contributed by atoms with Gasteiger partial charge >= 0.3 is 164 Å². The third kappa shape index (κ3) is 4.72. The molecule has 0 aromatic heterocycles. The van der Waals surface area contributed by atoms with E-state index in [-0.39, 0.29) is 11.4 Å². The number of phenols is 1. The molecule has 1 amide bonds. The Morgan fingerprint density at radius 3 is 1.93 bits per heavy atom. The molecule has 0 saturated carbocycles. The molecular formula is C17H21AsN2O8. The monoisotopic (exact) mass is 456 g/mol. The molecule has 0 aliphatic heterocycles. The van der Waals surface area contributed by atoms with Crippen LogP contribution in [0.3, 0.4) is 0 Å². The van der Waals surface area contributed by atoms with Crippen molar-refractivity contribution in [2.24, 2.45) is 0 Å². The minimum absolute atomic E-state index is 0.185. The summed E-state index contributed by atoms with van der Waals surface area (Å²) < 4.78 is 46.0. The molecule has 11 heteroatoms. The number of hydrogen-bond donors (Lipinski definition) is 5. The van der Waals surface area contributed by atoms with Crippen LogP contribution in [-0.2, 0) is 8.53 Å². The van der Waals surface area contributed by atoms with Crippen LogP contribution in [0.5, 0.6) is 23.0 Å². The van der Waals surface area contributed by atoms with Gasteiger partial charge in [-0.25, -0.2) is 0 Å². The van der Waals surface area contributed by atoms with Gasteiger partial charge in [0.05, 0.1) is 0 Å². The molecule has 10 nitrogen and oxygen atoms in total. The van der Waals surface area contributed by atoms with Gasteiger partial charge in [0.15, 0.2) is 0 Å². The van der Waals surface area contributed by atoms with Crippen molar-refractivity contribution in [3.8, 4) is 23.0 Å². The summed E-state index contributed by atoms with van der Waals surface area (Å²) in [5.74, 6) is -0.0449. The van der Waals surface area contributed by atoms with E-state index < -0.39 is 30.2 Å². The Hall–Kier alpha value is -2.81. The average Bonchev–Trinajstić information content (AvgIpc) is 2.58. The van der Waals surface area contributed by atoms with Crippen LogP contribution in [0.4, 0.5) is 17.1 Å². The van der Waals surface area contributed by atoms with Gasteiger partial charge in [-0.05, 0) is 0 Å². The Labute approximate surface area is 164 Å². The van der Waals surface area contributed by atoms with Crippen LogP contribution < -0.4 is 29.2 Å². The van der Waals surface area contributed by atoms with E-state index in [0.29, 0.717) is 22.9 Å². The van der Waals surface area contributed by atoms with E-state index in [0.717, 1.165) is 6.07 Å². The Morgan fingerprint density at radius 1 is 0.964 bits per heavy atom. The number of benzene rings is 2. The van der Waals surface area contributed by atoms with Gasteiger partial charge in [-0.15, -0.1) is 0 Å². The van der Waals surface area contributed by atoms with E-state index in [1.165, 1.54) is 34.3 Å². The molecule has 0 heterocycles. The summed E-state index contributed by atoms with van der Waals surface area (Å²) in [5, 5.41) is 15.4. The van der Waals surface area contributed by atoms with Crippen molar-refractivity contribution < 1.29 is 36.0 Å². The Bertz CT molecular complexity index is 916. The van der Waals surface area contributed by atoms with Crippen molar-refractivity contribution >= 4 is 41.5 Å². The Balaban J connectivity index is 2.54. The van der Waals surface area contributed by atoms with Gasteiger partial charge < -0.3 is 0 Å². The Kier molecular flexibility index (Phi) is 6.50. The number of ether oxygens (including phenoxy) is 3. The zero-order valence-electron chi connectivity index (χ0n) is 15.6. The molecule has 0 aliphatic carbocycles. The zero-order chi connectivity index (χ0) is 21.1. The molecular weight excluding hydrogens is 435 g/mol. The van der Waals surface area contributed by atoms with Gasteiger partial charge in [0.2, 0.25) is 0 Å². The first-order chi connectivity index (χ1) is 13.1. The van der Waals surface area contributed by atoms with E-state index in [1.807, 2.05) is 0 Å². The number of hydrogen-bond acceptors (Lipinski definition) is 7. The van der Waals surface area contributed by atoms with Crippen molar-refractivity contribution in [2.75, 3.05) is 32.0 Å². The number of rotatable bonds is 7. The van der Waals surface area contributed by atoms with E-state index in [1.54, 1.807) is 12.1 Å². The van der Waals surface area contributed by atoms with Crippen LogP contribution in [-0.4, -0.2) is 54.7 Å². The summed E-state index contributed by atoms with van der Waals surface area (Å²) in [6, 6.07) is 5.67. The minimum atomic E-state index is -5.51. The van der Waals surface area contributed by atoms with Crippen LogP contribution in [0.15, 0.2) is 24.3 Å². The summed E-state index contributed by atoms with van der Waals surface area (Å²) in [6.07, 6.45) is 0. The summed E-state index contributed by atoms with van der Waals surface area (Å²) in [7, 11) is 4.38. The van der Waals surface area contributed by atoms with Crippen molar-refractivity contribution in [1.29, 1.82) is 0 Å². The third-order valence-corrected chi connectivity index (χ3v) is 5.85. The number of amides is 1. The third-order valence-electron chi connectivity index (χ3n) is 3.65.